The van der Waals surface area contributed by atoms with E-state index in [0.29, 0.717) is 17.5 Å². The van der Waals surface area contributed by atoms with Crippen LogP contribution in [0, 0.1) is 0 Å². The van der Waals surface area contributed by atoms with Crippen molar-refractivity contribution in [1.82, 2.24) is 19.5 Å². The van der Waals surface area contributed by atoms with Crippen LogP contribution in [0.3, 0.4) is 0 Å². The molecule has 56 heavy (non-hydrogen) atoms. The highest BCUT2D eigenvalue weighted by Crippen LogP contribution is 2.39. The number of benzene rings is 7. The third kappa shape index (κ3) is 5.79. The molecule has 0 unspecified atom stereocenters. The van der Waals surface area contributed by atoms with Gasteiger partial charge in [-0.05, 0) is 85.4 Å². The fraction of sp³-hybridized carbons (Fsp3) is 0.122. The molecular formula is C49H39BN4O2. The first kappa shape index (κ1) is 34.1. The molecule has 1 aliphatic heterocycles. The maximum absolute atomic E-state index is 6.72. The predicted molar refractivity (Wildman–Crippen MR) is 229 cm³/mol. The average Bonchev–Trinajstić information content (AvgIpc) is 3.67. The van der Waals surface area contributed by atoms with Gasteiger partial charge in [-0.15, -0.1) is 0 Å². The summed E-state index contributed by atoms with van der Waals surface area (Å²) < 4.78 is 15.8. The Morgan fingerprint density at radius 1 is 0.446 bits per heavy atom. The lowest BCUT2D eigenvalue weighted by atomic mass is 9.75. The molecule has 7 aromatic carbocycles. The van der Waals surface area contributed by atoms with Crippen LogP contribution in [0.5, 0.6) is 0 Å². The summed E-state index contributed by atoms with van der Waals surface area (Å²) in [6.45, 7) is 8.32. The zero-order valence-corrected chi connectivity index (χ0v) is 31.8. The summed E-state index contributed by atoms with van der Waals surface area (Å²) in [4.78, 5) is 15.5. The molecule has 1 fully saturated rings. The number of fused-ring (bicyclic) bond motifs is 4. The Hall–Kier alpha value is -6.41. The zero-order chi connectivity index (χ0) is 38.0. The highest BCUT2D eigenvalue weighted by Gasteiger charge is 2.52. The molecule has 0 saturated carbocycles. The van der Waals surface area contributed by atoms with E-state index >= 15 is 0 Å². The van der Waals surface area contributed by atoms with Gasteiger partial charge in [-0.3, -0.25) is 0 Å². The number of aromatic nitrogens is 4. The molecule has 0 spiro atoms. The molecule has 1 saturated heterocycles. The SMILES string of the molecule is CC1(C)OB(c2ccc(-n3c4ccccc4c4cc5ccccc5cc43)cc2-c2nc(-c3ccccc3)nc(-c3ccc(-c4ccccc4)cc3)n2)OC1(C)C. The summed E-state index contributed by atoms with van der Waals surface area (Å²) in [5.41, 5.74) is 7.90. The summed E-state index contributed by atoms with van der Waals surface area (Å²) in [5.74, 6) is 1.71. The summed E-state index contributed by atoms with van der Waals surface area (Å²) in [5, 5.41) is 4.79. The molecule has 0 N–H and O–H groups in total. The van der Waals surface area contributed by atoms with E-state index in [1.54, 1.807) is 0 Å². The highest BCUT2D eigenvalue weighted by molar-refractivity contribution is 6.63. The van der Waals surface area contributed by atoms with E-state index in [1.807, 2.05) is 36.4 Å². The van der Waals surface area contributed by atoms with Crippen LogP contribution in [0.4, 0.5) is 0 Å². The van der Waals surface area contributed by atoms with E-state index in [4.69, 9.17) is 24.3 Å². The fourth-order valence-electron chi connectivity index (χ4n) is 7.77. The van der Waals surface area contributed by atoms with E-state index in [0.717, 1.165) is 50.0 Å². The number of hydrogen-bond donors (Lipinski definition) is 0. The minimum atomic E-state index is -0.642. The van der Waals surface area contributed by atoms with Gasteiger partial charge >= 0.3 is 7.12 Å². The Kier molecular flexibility index (Phi) is 7.99. The minimum absolute atomic E-state index is 0.540. The zero-order valence-electron chi connectivity index (χ0n) is 31.8. The molecule has 2 aromatic heterocycles. The largest absolute Gasteiger partial charge is 0.495 e. The molecule has 270 valence electrons. The van der Waals surface area contributed by atoms with Gasteiger partial charge in [0.15, 0.2) is 17.5 Å². The van der Waals surface area contributed by atoms with Gasteiger partial charge in [-0.25, -0.2) is 15.0 Å². The van der Waals surface area contributed by atoms with E-state index < -0.39 is 18.3 Å². The third-order valence-corrected chi connectivity index (χ3v) is 11.5. The Bertz CT molecular complexity index is 2910. The van der Waals surface area contributed by atoms with Crippen molar-refractivity contribution in [1.29, 1.82) is 0 Å². The summed E-state index contributed by atoms with van der Waals surface area (Å²) in [6, 6.07) is 57.1. The van der Waals surface area contributed by atoms with E-state index in [1.165, 1.54) is 21.5 Å². The van der Waals surface area contributed by atoms with Crippen molar-refractivity contribution in [3.8, 4) is 51.0 Å². The van der Waals surface area contributed by atoms with Crippen LogP contribution in [0.1, 0.15) is 27.7 Å². The van der Waals surface area contributed by atoms with Gasteiger partial charge in [0.2, 0.25) is 0 Å². The first-order valence-electron chi connectivity index (χ1n) is 19.1. The molecule has 1 aliphatic rings. The van der Waals surface area contributed by atoms with Gasteiger partial charge in [0.25, 0.3) is 0 Å². The first-order valence-corrected chi connectivity index (χ1v) is 19.1. The maximum atomic E-state index is 6.72. The quantitative estimate of drug-likeness (QED) is 0.160. The average molecular weight is 727 g/mol. The van der Waals surface area contributed by atoms with Gasteiger partial charge in [-0.1, -0.05) is 133 Å². The normalized spacial score (nSPS) is 14.9. The van der Waals surface area contributed by atoms with Crippen LogP contribution >= 0.6 is 0 Å². The van der Waals surface area contributed by atoms with Gasteiger partial charge < -0.3 is 13.9 Å². The second-order valence-corrected chi connectivity index (χ2v) is 15.5. The van der Waals surface area contributed by atoms with Crippen LogP contribution < -0.4 is 5.46 Å². The van der Waals surface area contributed by atoms with E-state index in [9.17, 15) is 0 Å². The first-order chi connectivity index (χ1) is 27.2. The lowest BCUT2D eigenvalue weighted by Gasteiger charge is -2.32. The molecule has 10 rings (SSSR count). The standard InChI is InChI=1S/C49H39BN4O2/c1-48(2)49(3,4)56-50(55-48)42-28-27-38(54-43-22-14-13-21-39(43)40-29-36-19-11-12-20-37(36)30-44(40)54)31-41(42)47-52-45(34-17-9-6-10-18-34)51-46(53-47)35-25-23-33(24-26-35)32-15-7-5-8-16-32/h5-31H,1-4H3. The molecule has 0 bridgehead atoms. The van der Waals surface area contributed by atoms with Crippen LogP contribution in [0.25, 0.3) is 83.6 Å². The fourth-order valence-corrected chi connectivity index (χ4v) is 7.77. The van der Waals surface area contributed by atoms with Crippen LogP contribution in [-0.4, -0.2) is 37.8 Å². The topological polar surface area (TPSA) is 62.1 Å². The summed E-state index contributed by atoms with van der Waals surface area (Å²) in [7, 11) is -0.642. The number of hydrogen-bond acceptors (Lipinski definition) is 5. The van der Waals surface area contributed by atoms with Crippen molar-refractivity contribution in [3.05, 3.63) is 164 Å². The number of nitrogens with zero attached hydrogens (tertiary/aromatic N) is 4. The van der Waals surface area contributed by atoms with Crippen LogP contribution in [-0.2, 0) is 9.31 Å². The Morgan fingerprint density at radius 2 is 0.964 bits per heavy atom. The maximum Gasteiger partial charge on any atom is 0.495 e. The lowest BCUT2D eigenvalue weighted by Crippen LogP contribution is -2.41. The molecule has 0 radical (unpaired) electrons. The van der Waals surface area contributed by atoms with Crippen LogP contribution in [0.2, 0.25) is 0 Å². The Morgan fingerprint density at radius 3 is 1.64 bits per heavy atom. The molecule has 0 amide bonds. The van der Waals surface area contributed by atoms with Crippen molar-refractivity contribution in [2.45, 2.75) is 38.9 Å². The third-order valence-electron chi connectivity index (χ3n) is 11.5. The number of rotatable bonds is 6. The molecule has 0 atom stereocenters. The van der Waals surface area contributed by atoms with Gasteiger partial charge in [0.1, 0.15) is 0 Å². The van der Waals surface area contributed by atoms with Gasteiger partial charge in [0, 0.05) is 33.2 Å². The molecule has 3 heterocycles. The van der Waals surface area contributed by atoms with E-state index in [-0.39, 0.29) is 0 Å². The Labute approximate surface area is 326 Å². The van der Waals surface area contributed by atoms with Crippen molar-refractivity contribution in [2.24, 2.45) is 0 Å². The summed E-state index contributed by atoms with van der Waals surface area (Å²) >= 11 is 0. The van der Waals surface area contributed by atoms with Crippen LogP contribution in [0.15, 0.2) is 164 Å². The highest BCUT2D eigenvalue weighted by atomic mass is 16.7. The minimum Gasteiger partial charge on any atom is -0.399 e. The second kappa shape index (κ2) is 13.1. The second-order valence-electron chi connectivity index (χ2n) is 15.5. The molecule has 6 nitrogen and oxygen atoms in total. The smallest absolute Gasteiger partial charge is 0.399 e. The lowest BCUT2D eigenvalue weighted by molar-refractivity contribution is 0.00578. The van der Waals surface area contributed by atoms with Crippen molar-refractivity contribution in [3.63, 3.8) is 0 Å². The predicted octanol–water partition coefficient (Wildman–Crippen LogP) is 11.1. The molecule has 7 heteroatoms. The number of para-hydroxylation sites is 1. The summed E-state index contributed by atoms with van der Waals surface area (Å²) in [6.07, 6.45) is 0. The van der Waals surface area contributed by atoms with Crippen molar-refractivity contribution in [2.75, 3.05) is 0 Å². The Balaban J connectivity index is 1.21. The van der Waals surface area contributed by atoms with Gasteiger partial charge in [-0.2, -0.15) is 0 Å². The van der Waals surface area contributed by atoms with Crippen molar-refractivity contribution >= 4 is 45.2 Å². The van der Waals surface area contributed by atoms with E-state index in [2.05, 4.69) is 160 Å². The van der Waals surface area contributed by atoms with Gasteiger partial charge in [0.05, 0.1) is 22.2 Å². The molecule has 9 aromatic rings. The van der Waals surface area contributed by atoms with Crippen molar-refractivity contribution < 1.29 is 9.31 Å². The monoisotopic (exact) mass is 726 g/mol. The molecule has 0 aliphatic carbocycles. The molecular weight excluding hydrogens is 687 g/mol.